The van der Waals surface area contributed by atoms with Gasteiger partial charge in [0.25, 0.3) is 0 Å². The van der Waals surface area contributed by atoms with Crippen molar-refractivity contribution < 1.29 is 9.84 Å². The highest BCUT2D eigenvalue weighted by Crippen LogP contribution is 2.27. The fourth-order valence-corrected chi connectivity index (χ4v) is 1.05. The van der Waals surface area contributed by atoms with Crippen LogP contribution in [0.3, 0.4) is 0 Å². The summed E-state index contributed by atoms with van der Waals surface area (Å²) < 4.78 is 5.05. The molecule has 1 N–H and O–H groups in total. The van der Waals surface area contributed by atoms with Gasteiger partial charge in [0.2, 0.25) is 0 Å². The van der Waals surface area contributed by atoms with Crippen LogP contribution in [0.5, 0.6) is 5.75 Å². The summed E-state index contributed by atoms with van der Waals surface area (Å²) in [7, 11) is 1.55. The number of ether oxygens (including phenoxy) is 1. The molecule has 0 radical (unpaired) electrons. The van der Waals surface area contributed by atoms with Gasteiger partial charge in [0.05, 0.1) is 13.3 Å². The molecule has 0 fully saturated rings. The lowest BCUT2D eigenvalue weighted by Crippen LogP contribution is -2.01. The van der Waals surface area contributed by atoms with Crippen LogP contribution in [0.1, 0.15) is 18.6 Å². The van der Waals surface area contributed by atoms with Gasteiger partial charge < -0.3 is 9.84 Å². The summed E-state index contributed by atoms with van der Waals surface area (Å²) >= 11 is 0. The second-order valence-electron chi connectivity index (χ2n) is 2.87. The van der Waals surface area contributed by atoms with Crippen molar-refractivity contribution in [2.24, 2.45) is 0 Å². The van der Waals surface area contributed by atoms with E-state index in [2.05, 4.69) is 11.6 Å². The Morgan fingerprint density at radius 1 is 1.69 bits per heavy atom. The molecular formula is C10H13NO2. The van der Waals surface area contributed by atoms with Gasteiger partial charge in [-0.1, -0.05) is 6.58 Å². The third-order valence-corrected chi connectivity index (χ3v) is 1.80. The lowest BCUT2D eigenvalue weighted by atomic mass is 10.1. The molecular weight excluding hydrogens is 166 g/mol. The third-order valence-electron chi connectivity index (χ3n) is 1.80. The molecule has 0 saturated heterocycles. The van der Waals surface area contributed by atoms with E-state index < -0.39 is 6.10 Å². The standard InChI is InChI=1S/C10H13NO2/c1-7(2)10(12)8-4-5-11-6-9(8)13-3/h4-6,10,12H,1H2,2-3H3. The Hall–Kier alpha value is -1.35. The van der Waals surface area contributed by atoms with Gasteiger partial charge in [0.15, 0.2) is 0 Å². The van der Waals surface area contributed by atoms with Crippen molar-refractivity contribution in [1.82, 2.24) is 4.98 Å². The lowest BCUT2D eigenvalue weighted by Gasteiger charge is -2.13. The van der Waals surface area contributed by atoms with Gasteiger partial charge in [0, 0.05) is 11.8 Å². The zero-order valence-electron chi connectivity index (χ0n) is 7.82. The molecule has 1 atom stereocenters. The maximum absolute atomic E-state index is 9.70. The Morgan fingerprint density at radius 3 is 2.92 bits per heavy atom. The quantitative estimate of drug-likeness (QED) is 0.718. The summed E-state index contributed by atoms with van der Waals surface area (Å²) in [5, 5.41) is 9.70. The van der Waals surface area contributed by atoms with Crippen LogP contribution in [0.4, 0.5) is 0 Å². The Balaban J connectivity index is 3.05. The lowest BCUT2D eigenvalue weighted by molar-refractivity contribution is 0.210. The summed E-state index contributed by atoms with van der Waals surface area (Å²) in [5.74, 6) is 0.581. The van der Waals surface area contributed by atoms with Crippen LogP contribution in [-0.4, -0.2) is 17.2 Å². The number of aliphatic hydroxyl groups is 1. The van der Waals surface area contributed by atoms with Gasteiger partial charge in [-0.3, -0.25) is 4.98 Å². The number of rotatable bonds is 3. The zero-order chi connectivity index (χ0) is 9.84. The SMILES string of the molecule is C=C(C)C(O)c1ccncc1OC. The normalized spacial score (nSPS) is 12.2. The molecule has 1 unspecified atom stereocenters. The first-order valence-electron chi connectivity index (χ1n) is 3.98. The van der Waals surface area contributed by atoms with E-state index in [0.29, 0.717) is 16.9 Å². The molecule has 0 amide bonds. The van der Waals surface area contributed by atoms with E-state index >= 15 is 0 Å². The highest BCUT2D eigenvalue weighted by molar-refractivity contribution is 5.35. The van der Waals surface area contributed by atoms with Crippen LogP contribution >= 0.6 is 0 Å². The first-order chi connectivity index (χ1) is 6.16. The maximum atomic E-state index is 9.70. The summed E-state index contributed by atoms with van der Waals surface area (Å²) in [5.41, 5.74) is 1.38. The minimum absolute atomic E-state index is 0.581. The number of nitrogens with zero attached hydrogens (tertiary/aromatic N) is 1. The van der Waals surface area contributed by atoms with Crippen molar-refractivity contribution in [3.05, 3.63) is 36.2 Å². The molecule has 13 heavy (non-hydrogen) atoms. The number of aromatic nitrogens is 1. The van der Waals surface area contributed by atoms with Crippen molar-refractivity contribution in [3.63, 3.8) is 0 Å². The summed E-state index contributed by atoms with van der Waals surface area (Å²) in [6.07, 6.45) is 2.50. The number of pyridine rings is 1. The fourth-order valence-electron chi connectivity index (χ4n) is 1.05. The number of aliphatic hydroxyl groups excluding tert-OH is 1. The Morgan fingerprint density at radius 2 is 2.38 bits per heavy atom. The molecule has 70 valence electrons. The maximum Gasteiger partial charge on any atom is 0.143 e. The third kappa shape index (κ3) is 2.06. The summed E-state index contributed by atoms with van der Waals surface area (Å²) in [4.78, 5) is 3.89. The average Bonchev–Trinajstić information content (AvgIpc) is 2.16. The van der Waals surface area contributed by atoms with E-state index in [9.17, 15) is 5.11 Å². The molecule has 1 rings (SSSR count). The molecule has 1 heterocycles. The van der Waals surface area contributed by atoms with E-state index in [0.717, 1.165) is 0 Å². The Bertz CT molecular complexity index is 310. The van der Waals surface area contributed by atoms with Gasteiger partial charge >= 0.3 is 0 Å². The fraction of sp³-hybridized carbons (Fsp3) is 0.300. The van der Waals surface area contributed by atoms with E-state index in [-0.39, 0.29) is 0 Å². The minimum atomic E-state index is -0.682. The van der Waals surface area contributed by atoms with Crippen molar-refractivity contribution in [2.45, 2.75) is 13.0 Å². The van der Waals surface area contributed by atoms with E-state index in [1.54, 1.807) is 32.5 Å². The Labute approximate surface area is 77.7 Å². The summed E-state index contributed by atoms with van der Waals surface area (Å²) in [6, 6.07) is 1.72. The molecule has 0 aliphatic carbocycles. The zero-order valence-corrected chi connectivity index (χ0v) is 7.82. The van der Waals surface area contributed by atoms with E-state index in [4.69, 9.17) is 4.74 Å². The minimum Gasteiger partial charge on any atom is -0.495 e. The van der Waals surface area contributed by atoms with Crippen molar-refractivity contribution in [1.29, 1.82) is 0 Å². The number of hydrogen-bond donors (Lipinski definition) is 1. The van der Waals surface area contributed by atoms with Crippen LogP contribution in [0, 0.1) is 0 Å². The molecule has 0 aliphatic heterocycles. The molecule has 1 aromatic rings. The molecule has 3 heteroatoms. The first-order valence-corrected chi connectivity index (χ1v) is 3.98. The predicted octanol–water partition coefficient (Wildman–Crippen LogP) is 1.70. The molecule has 1 aromatic heterocycles. The molecule has 0 saturated carbocycles. The first kappa shape index (κ1) is 9.74. The second kappa shape index (κ2) is 4.05. The van der Waals surface area contributed by atoms with Crippen LogP contribution in [0.15, 0.2) is 30.6 Å². The van der Waals surface area contributed by atoms with Crippen molar-refractivity contribution in [2.75, 3.05) is 7.11 Å². The van der Waals surface area contributed by atoms with Crippen molar-refractivity contribution >= 4 is 0 Å². The topological polar surface area (TPSA) is 42.4 Å². The van der Waals surface area contributed by atoms with Crippen LogP contribution in [-0.2, 0) is 0 Å². The predicted molar refractivity (Wildman–Crippen MR) is 50.6 cm³/mol. The van der Waals surface area contributed by atoms with Crippen LogP contribution in [0.25, 0.3) is 0 Å². The largest absolute Gasteiger partial charge is 0.495 e. The molecule has 0 aliphatic rings. The van der Waals surface area contributed by atoms with Gasteiger partial charge in [0.1, 0.15) is 11.9 Å². The molecule has 0 aromatic carbocycles. The average molecular weight is 179 g/mol. The van der Waals surface area contributed by atoms with Gasteiger partial charge in [-0.15, -0.1) is 0 Å². The molecule has 0 bridgehead atoms. The number of hydrogen-bond acceptors (Lipinski definition) is 3. The van der Waals surface area contributed by atoms with E-state index in [1.165, 1.54) is 0 Å². The second-order valence-corrected chi connectivity index (χ2v) is 2.87. The smallest absolute Gasteiger partial charge is 0.143 e. The highest BCUT2D eigenvalue weighted by Gasteiger charge is 2.12. The monoisotopic (exact) mass is 179 g/mol. The van der Waals surface area contributed by atoms with Gasteiger partial charge in [-0.25, -0.2) is 0 Å². The Kier molecular flexibility index (Phi) is 3.03. The van der Waals surface area contributed by atoms with Gasteiger partial charge in [-0.05, 0) is 18.6 Å². The van der Waals surface area contributed by atoms with Gasteiger partial charge in [-0.2, -0.15) is 0 Å². The van der Waals surface area contributed by atoms with E-state index in [1.807, 2.05) is 0 Å². The molecule has 0 spiro atoms. The summed E-state index contributed by atoms with van der Waals surface area (Å²) in [6.45, 7) is 5.45. The number of methoxy groups -OCH3 is 1. The van der Waals surface area contributed by atoms with Crippen molar-refractivity contribution in [3.8, 4) is 5.75 Å². The highest BCUT2D eigenvalue weighted by atomic mass is 16.5. The van der Waals surface area contributed by atoms with Crippen LogP contribution in [0.2, 0.25) is 0 Å². The van der Waals surface area contributed by atoms with Crippen LogP contribution < -0.4 is 4.74 Å². The molecule has 3 nitrogen and oxygen atoms in total.